The zero-order valence-electron chi connectivity index (χ0n) is 13.4. The van der Waals surface area contributed by atoms with Gasteiger partial charge < -0.3 is 19.3 Å². The SMILES string of the molecule is O=C(CCc1ccccc1O)N1CCN(C(=O)c2ccco2)CC1. The molecule has 1 aliphatic heterocycles. The highest BCUT2D eigenvalue weighted by Gasteiger charge is 2.25. The standard InChI is InChI=1S/C18H20N2O4/c21-15-5-2-1-4-14(15)7-8-17(22)19-9-11-20(12-10-19)18(23)16-6-3-13-24-16/h1-6,13,21H,7-12H2. The molecule has 1 fully saturated rings. The lowest BCUT2D eigenvalue weighted by Crippen LogP contribution is -2.50. The Balaban J connectivity index is 1.48. The number of carbonyl (C=O) groups excluding carboxylic acids is 2. The smallest absolute Gasteiger partial charge is 0.289 e. The summed E-state index contributed by atoms with van der Waals surface area (Å²) in [6.07, 6.45) is 2.34. The fraction of sp³-hybridized carbons (Fsp3) is 0.333. The van der Waals surface area contributed by atoms with Crippen LogP contribution in [0.5, 0.6) is 5.75 Å². The fourth-order valence-corrected chi connectivity index (χ4v) is 2.84. The van der Waals surface area contributed by atoms with Crippen LogP contribution in [-0.2, 0) is 11.2 Å². The quantitative estimate of drug-likeness (QED) is 0.930. The minimum Gasteiger partial charge on any atom is -0.508 e. The number of rotatable bonds is 4. The van der Waals surface area contributed by atoms with Crippen molar-refractivity contribution in [3.63, 3.8) is 0 Å². The lowest BCUT2D eigenvalue weighted by atomic mass is 10.1. The Labute approximate surface area is 140 Å². The summed E-state index contributed by atoms with van der Waals surface area (Å²) in [5, 5.41) is 9.74. The normalized spacial score (nSPS) is 14.7. The van der Waals surface area contributed by atoms with Gasteiger partial charge in [-0.25, -0.2) is 0 Å². The lowest BCUT2D eigenvalue weighted by Gasteiger charge is -2.34. The van der Waals surface area contributed by atoms with Gasteiger partial charge in [-0.05, 0) is 30.2 Å². The largest absolute Gasteiger partial charge is 0.508 e. The average molecular weight is 328 g/mol. The van der Waals surface area contributed by atoms with Gasteiger partial charge in [0.2, 0.25) is 5.91 Å². The second-order valence-electron chi connectivity index (χ2n) is 5.78. The highest BCUT2D eigenvalue weighted by molar-refractivity contribution is 5.91. The number of hydrogen-bond donors (Lipinski definition) is 1. The summed E-state index contributed by atoms with van der Waals surface area (Å²) in [5.41, 5.74) is 0.775. The maximum absolute atomic E-state index is 12.3. The molecule has 0 saturated carbocycles. The number of aromatic hydroxyl groups is 1. The maximum Gasteiger partial charge on any atom is 0.289 e. The van der Waals surface area contributed by atoms with Crippen molar-refractivity contribution in [2.45, 2.75) is 12.8 Å². The first kappa shape index (κ1) is 16.1. The van der Waals surface area contributed by atoms with Crippen LogP contribution in [0.1, 0.15) is 22.5 Å². The van der Waals surface area contributed by atoms with Crippen LogP contribution >= 0.6 is 0 Å². The van der Waals surface area contributed by atoms with E-state index in [1.54, 1.807) is 34.1 Å². The van der Waals surface area contributed by atoms with E-state index < -0.39 is 0 Å². The average Bonchev–Trinajstić information content (AvgIpc) is 3.15. The first-order valence-corrected chi connectivity index (χ1v) is 8.02. The molecule has 2 aromatic rings. The molecule has 1 aliphatic rings. The number of hydrogen-bond acceptors (Lipinski definition) is 4. The van der Waals surface area contributed by atoms with Gasteiger partial charge in [-0.1, -0.05) is 18.2 Å². The van der Waals surface area contributed by atoms with E-state index in [1.165, 1.54) is 6.26 Å². The Hall–Kier alpha value is -2.76. The zero-order valence-corrected chi connectivity index (χ0v) is 13.4. The Morgan fingerprint density at radius 3 is 2.38 bits per heavy atom. The van der Waals surface area contributed by atoms with Gasteiger partial charge in [0.15, 0.2) is 5.76 Å². The summed E-state index contributed by atoms with van der Waals surface area (Å²) in [4.78, 5) is 28.0. The number of amides is 2. The van der Waals surface area contributed by atoms with Crippen molar-refractivity contribution in [1.29, 1.82) is 0 Å². The number of phenols is 1. The highest BCUT2D eigenvalue weighted by Crippen LogP contribution is 2.18. The monoisotopic (exact) mass is 328 g/mol. The summed E-state index contributed by atoms with van der Waals surface area (Å²) in [7, 11) is 0. The van der Waals surface area contributed by atoms with Crippen LogP contribution in [0.3, 0.4) is 0 Å². The number of carbonyl (C=O) groups is 2. The number of furan rings is 1. The van der Waals surface area contributed by atoms with Crippen molar-refractivity contribution in [2.75, 3.05) is 26.2 Å². The topological polar surface area (TPSA) is 74.0 Å². The first-order chi connectivity index (χ1) is 11.6. The van der Waals surface area contributed by atoms with Gasteiger partial charge in [-0.15, -0.1) is 0 Å². The second kappa shape index (κ2) is 7.21. The molecule has 0 spiro atoms. The Kier molecular flexibility index (Phi) is 4.84. The van der Waals surface area contributed by atoms with Gasteiger partial charge in [0.25, 0.3) is 5.91 Å². The van der Waals surface area contributed by atoms with Crippen molar-refractivity contribution in [3.8, 4) is 5.75 Å². The molecule has 2 amide bonds. The third-order valence-corrected chi connectivity index (χ3v) is 4.25. The molecule has 6 heteroatoms. The number of para-hydroxylation sites is 1. The molecule has 1 N–H and O–H groups in total. The number of nitrogens with zero attached hydrogens (tertiary/aromatic N) is 2. The molecule has 1 aromatic heterocycles. The second-order valence-corrected chi connectivity index (χ2v) is 5.78. The summed E-state index contributed by atoms with van der Waals surface area (Å²) >= 11 is 0. The molecule has 3 rings (SSSR count). The van der Waals surface area contributed by atoms with Crippen LogP contribution in [0.4, 0.5) is 0 Å². The van der Waals surface area contributed by atoms with E-state index >= 15 is 0 Å². The van der Waals surface area contributed by atoms with E-state index in [0.717, 1.165) is 5.56 Å². The van der Waals surface area contributed by atoms with Gasteiger partial charge in [0.1, 0.15) is 5.75 Å². The van der Waals surface area contributed by atoms with Gasteiger partial charge >= 0.3 is 0 Å². The van der Waals surface area contributed by atoms with Crippen LogP contribution in [0, 0.1) is 0 Å². The van der Waals surface area contributed by atoms with Crippen molar-refractivity contribution in [1.82, 2.24) is 9.80 Å². The molecule has 0 atom stereocenters. The van der Waals surface area contributed by atoms with E-state index in [-0.39, 0.29) is 17.6 Å². The molecule has 1 aromatic carbocycles. The Morgan fingerprint density at radius 2 is 1.71 bits per heavy atom. The number of aryl methyl sites for hydroxylation is 1. The Morgan fingerprint density at radius 1 is 1.00 bits per heavy atom. The predicted molar refractivity (Wildman–Crippen MR) is 87.6 cm³/mol. The molecule has 0 bridgehead atoms. The minimum atomic E-state index is -0.138. The highest BCUT2D eigenvalue weighted by atomic mass is 16.3. The zero-order chi connectivity index (χ0) is 16.9. The third kappa shape index (κ3) is 3.59. The van der Waals surface area contributed by atoms with Crippen LogP contribution in [-0.4, -0.2) is 52.9 Å². The van der Waals surface area contributed by atoms with Gasteiger partial charge in [-0.3, -0.25) is 9.59 Å². The molecule has 0 aliphatic carbocycles. The van der Waals surface area contributed by atoms with E-state index in [9.17, 15) is 14.7 Å². The van der Waals surface area contributed by atoms with E-state index in [2.05, 4.69) is 0 Å². The summed E-state index contributed by atoms with van der Waals surface area (Å²) in [6.45, 7) is 2.04. The molecular formula is C18H20N2O4. The number of phenolic OH excluding ortho intramolecular Hbond substituents is 1. The van der Waals surface area contributed by atoms with Crippen molar-refractivity contribution < 1.29 is 19.1 Å². The molecule has 126 valence electrons. The van der Waals surface area contributed by atoms with Crippen molar-refractivity contribution in [3.05, 3.63) is 54.0 Å². The molecule has 6 nitrogen and oxygen atoms in total. The van der Waals surface area contributed by atoms with Crippen molar-refractivity contribution in [2.24, 2.45) is 0 Å². The molecule has 1 saturated heterocycles. The summed E-state index contributed by atoms with van der Waals surface area (Å²) in [6, 6.07) is 10.4. The van der Waals surface area contributed by atoms with E-state index in [0.29, 0.717) is 44.8 Å². The van der Waals surface area contributed by atoms with Crippen LogP contribution in [0.25, 0.3) is 0 Å². The third-order valence-electron chi connectivity index (χ3n) is 4.25. The van der Waals surface area contributed by atoms with Gasteiger partial charge in [-0.2, -0.15) is 0 Å². The van der Waals surface area contributed by atoms with Crippen LogP contribution in [0.2, 0.25) is 0 Å². The van der Waals surface area contributed by atoms with Crippen molar-refractivity contribution >= 4 is 11.8 Å². The first-order valence-electron chi connectivity index (χ1n) is 8.02. The molecule has 24 heavy (non-hydrogen) atoms. The summed E-state index contributed by atoms with van der Waals surface area (Å²) < 4.78 is 5.13. The molecule has 0 unspecified atom stereocenters. The minimum absolute atomic E-state index is 0.0448. The fourth-order valence-electron chi connectivity index (χ4n) is 2.84. The Bertz CT molecular complexity index is 704. The molecule has 0 radical (unpaired) electrons. The molecule has 2 heterocycles. The number of benzene rings is 1. The summed E-state index contributed by atoms with van der Waals surface area (Å²) in [5.74, 6) is 0.457. The van der Waals surface area contributed by atoms with Gasteiger partial charge in [0.05, 0.1) is 6.26 Å². The maximum atomic E-state index is 12.3. The van der Waals surface area contributed by atoms with E-state index in [4.69, 9.17) is 4.42 Å². The van der Waals surface area contributed by atoms with Gasteiger partial charge in [0, 0.05) is 32.6 Å². The number of piperazine rings is 1. The van der Waals surface area contributed by atoms with E-state index in [1.807, 2.05) is 12.1 Å². The van der Waals surface area contributed by atoms with Crippen LogP contribution in [0.15, 0.2) is 47.1 Å². The van der Waals surface area contributed by atoms with Crippen LogP contribution < -0.4 is 0 Å². The molecular weight excluding hydrogens is 308 g/mol. The lowest BCUT2D eigenvalue weighted by molar-refractivity contribution is -0.132. The predicted octanol–water partition coefficient (Wildman–Crippen LogP) is 1.90.